The van der Waals surface area contributed by atoms with Crippen LogP contribution in [0.1, 0.15) is 17.8 Å². The van der Waals surface area contributed by atoms with E-state index in [0.717, 1.165) is 36.5 Å². The fraction of sp³-hybridized carbons (Fsp3) is 0.467. The molecule has 3 rings (SSSR count). The maximum absolute atomic E-state index is 12.0. The van der Waals surface area contributed by atoms with Crippen molar-refractivity contribution < 1.29 is 9.53 Å². The maximum Gasteiger partial charge on any atom is 0.222 e. The number of carbonyl (C=O) groups is 1. The number of fused-ring (bicyclic) bond motifs is 1. The molecule has 0 spiro atoms. The van der Waals surface area contributed by atoms with Gasteiger partial charge >= 0.3 is 0 Å². The van der Waals surface area contributed by atoms with E-state index in [9.17, 15) is 4.79 Å². The van der Waals surface area contributed by atoms with E-state index in [1.807, 2.05) is 23.1 Å². The lowest BCUT2D eigenvalue weighted by molar-refractivity contribution is -0.135. The highest BCUT2D eigenvalue weighted by Crippen LogP contribution is 2.22. The summed E-state index contributed by atoms with van der Waals surface area (Å²) in [5, 5.41) is 1.13. The van der Waals surface area contributed by atoms with Crippen LogP contribution in [0.25, 0.3) is 10.2 Å². The maximum atomic E-state index is 12.0. The Morgan fingerprint density at radius 3 is 2.90 bits per heavy atom. The Kier molecular flexibility index (Phi) is 4.28. The highest BCUT2D eigenvalue weighted by Gasteiger charge is 2.16. The summed E-state index contributed by atoms with van der Waals surface area (Å²) in [7, 11) is 0. The van der Waals surface area contributed by atoms with E-state index in [1.165, 1.54) is 4.70 Å². The molecule has 0 atom stereocenters. The molecule has 2 heterocycles. The summed E-state index contributed by atoms with van der Waals surface area (Å²) in [5.41, 5.74) is 1.06. The summed E-state index contributed by atoms with van der Waals surface area (Å²) in [5.74, 6) is 0.245. The molecule has 0 bridgehead atoms. The van der Waals surface area contributed by atoms with Crippen LogP contribution in [0.15, 0.2) is 24.3 Å². The molecule has 1 aliphatic heterocycles. The van der Waals surface area contributed by atoms with Gasteiger partial charge in [-0.15, -0.1) is 11.3 Å². The number of hydrogen-bond donors (Lipinski definition) is 0. The van der Waals surface area contributed by atoms with Gasteiger partial charge < -0.3 is 9.64 Å². The van der Waals surface area contributed by atoms with Crippen LogP contribution in [0, 0.1) is 0 Å². The molecule has 0 N–H and O–H groups in total. The van der Waals surface area contributed by atoms with Crippen LogP contribution in [0.3, 0.4) is 0 Å². The van der Waals surface area contributed by atoms with Gasteiger partial charge in [-0.25, -0.2) is 4.98 Å². The van der Waals surface area contributed by atoms with Gasteiger partial charge in [-0.3, -0.25) is 4.79 Å². The minimum absolute atomic E-state index is 0.245. The van der Waals surface area contributed by atoms with Crippen molar-refractivity contribution in [3.63, 3.8) is 0 Å². The first-order chi connectivity index (χ1) is 9.83. The topological polar surface area (TPSA) is 42.4 Å². The van der Waals surface area contributed by atoms with E-state index in [-0.39, 0.29) is 5.91 Å². The predicted molar refractivity (Wildman–Crippen MR) is 80.0 cm³/mol. The largest absolute Gasteiger partial charge is 0.378 e. The molecular weight excluding hydrogens is 272 g/mol. The first-order valence-corrected chi connectivity index (χ1v) is 7.84. The van der Waals surface area contributed by atoms with Crippen LogP contribution < -0.4 is 0 Å². The number of para-hydroxylation sites is 1. The van der Waals surface area contributed by atoms with Crippen molar-refractivity contribution in [1.82, 2.24) is 9.88 Å². The number of carbonyl (C=O) groups excluding carboxylic acids is 1. The molecule has 2 aromatic rings. The highest BCUT2D eigenvalue weighted by atomic mass is 32.1. The molecule has 106 valence electrons. The molecule has 0 unspecified atom stereocenters. The van der Waals surface area contributed by atoms with Crippen LogP contribution >= 0.6 is 11.3 Å². The van der Waals surface area contributed by atoms with E-state index in [2.05, 4.69) is 11.1 Å². The molecule has 1 aromatic heterocycles. The van der Waals surface area contributed by atoms with Gasteiger partial charge in [-0.05, 0) is 25.0 Å². The van der Waals surface area contributed by atoms with Gasteiger partial charge in [0.25, 0.3) is 0 Å². The van der Waals surface area contributed by atoms with Gasteiger partial charge in [0.1, 0.15) is 0 Å². The predicted octanol–water partition coefficient (Wildman–Crippen LogP) is 2.48. The zero-order valence-corrected chi connectivity index (χ0v) is 12.2. The van der Waals surface area contributed by atoms with E-state index in [0.29, 0.717) is 19.6 Å². The third kappa shape index (κ3) is 3.16. The highest BCUT2D eigenvalue weighted by molar-refractivity contribution is 7.18. The van der Waals surface area contributed by atoms with Crippen molar-refractivity contribution >= 4 is 27.5 Å². The second-order valence-corrected chi connectivity index (χ2v) is 6.04. The smallest absolute Gasteiger partial charge is 0.222 e. The van der Waals surface area contributed by atoms with Gasteiger partial charge in [-0.1, -0.05) is 12.1 Å². The van der Waals surface area contributed by atoms with Crippen LogP contribution in [-0.2, 0) is 16.0 Å². The number of aryl methyl sites for hydroxylation is 1. The summed E-state index contributed by atoms with van der Waals surface area (Å²) in [6, 6.07) is 8.17. The Morgan fingerprint density at radius 1 is 1.30 bits per heavy atom. The van der Waals surface area contributed by atoms with Gasteiger partial charge in [0.15, 0.2) is 0 Å². The zero-order chi connectivity index (χ0) is 13.8. The number of aromatic nitrogens is 1. The molecule has 0 radical (unpaired) electrons. The Bertz CT molecular complexity index is 557. The second-order valence-electron chi connectivity index (χ2n) is 4.92. The molecule has 1 fully saturated rings. The molecule has 4 nitrogen and oxygen atoms in total. The summed E-state index contributed by atoms with van der Waals surface area (Å²) >= 11 is 1.73. The molecule has 1 saturated heterocycles. The average Bonchev–Trinajstić information content (AvgIpc) is 2.90. The fourth-order valence-electron chi connectivity index (χ4n) is 2.39. The Labute approximate surface area is 122 Å². The number of nitrogens with zero attached hydrogens (tertiary/aromatic N) is 2. The van der Waals surface area contributed by atoms with Crippen molar-refractivity contribution in [2.75, 3.05) is 26.3 Å². The van der Waals surface area contributed by atoms with Crippen LogP contribution in [-0.4, -0.2) is 42.1 Å². The van der Waals surface area contributed by atoms with E-state index >= 15 is 0 Å². The van der Waals surface area contributed by atoms with Crippen LogP contribution in [0.2, 0.25) is 0 Å². The molecule has 1 aromatic carbocycles. The lowest BCUT2D eigenvalue weighted by Crippen LogP contribution is -2.40. The minimum Gasteiger partial charge on any atom is -0.378 e. The minimum atomic E-state index is 0.245. The summed E-state index contributed by atoms with van der Waals surface area (Å²) in [6.45, 7) is 2.81. The van der Waals surface area contributed by atoms with E-state index in [1.54, 1.807) is 11.3 Å². The summed E-state index contributed by atoms with van der Waals surface area (Å²) in [6.07, 6.45) is 2.36. The van der Waals surface area contributed by atoms with Crippen molar-refractivity contribution in [3.05, 3.63) is 29.3 Å². The zero-order valence-electron chi connectivity index (χ0n) is 11.4. The molecular formula is C15H18N2O2S. The molecule has 5 heteroatoms. The lowest BCUT2D eigenvalue weighted by Gasteiger charge is -2.26. The third-order valence-electron chi connectivity index (χ3n) is 3.48. The summed E-state index contributed by atoms with van der Waals surface area (Å²) < 4.78 is 6.48. The van der Waals surface area contributed by atoms with Crippen molar-refractivity contribution in [1.29, 1.82) is 0 Å². The monoisotopic (exact) mass is 290 g/mol. The number of hydrogen-bond acceptors (Lipinski definition) is 4. The lowest BCUT2D eigenvalue weighted by atomic mass is 10.2. The number of rotatable bonds is 4. The van der Waals surface area contributed by atoms with Gasteiger partial charge in [-0.2, -0.15) is 0 Å². The van der Waals surface area contributed by atoms with Gasteiger partial charge in [0.2, 0.25) is 5.91 Å². The standard InChI is InChI=1S/C15H18N2O2S/c18-15(17-8-10-19-11-9-17)7-3-6-14-16-12-4-1-2-5-13(12)20-14/h1-2,4-5H,3,6-11H2. The molecule has 0 aliphatic carbocycles. The van der Waals surface area contributed by atoms with Crippen LogP contribution in [0.5, 0.6) is 0 Å². The Balaban J connectivity index is 1.50. The number of benzene rings is 1. The van der Waals surface area contributed by atoms with Crippen molar-refractivity contribution in [3.8, 4) is 0 Å². The summed E-state index contributed by atoms with van der Waals surface area (Å²) in [4.78, 5) is 18.5. The van der Waals surface area contributed by atoms with Crippen molar-refractivity contribution in [2.45, 2.75) is 19.3 Å². The Hall–Kier alpha value is -1.46. The molecule has 1 amide bonds. The van der Waals surface area contributed by atoms with Crippen molar-refractivity contribution in [2.24, 2.45) is 0 Å². The van der Waals surface area contributed by atoms with E-state index in [4.69, 9.17) is 4.74 Å². The third-order valence-corrected chi connectivity index (χ3v) is 4.58. The normalized spacial score (nSPS) is 15.7. The first kappa shape index (κ1) is 13.5. The SMILES string of the molecule is O=C(CCCc1nc2ccccc2s1)N1CCOCC1. The quantitative estimate of drug-likeness (QED) is 0.869. The molecule has 20 heavy (non-hydrogen) atoms. The fourth-order valence-corrected chi connectivity index (χ4v) is 3.40. The number of ether oxygens (including phenoxy) is 1. The van der Waals surface area contributed by atoms with Gasteiger partial charge in [0, 0.05) is 19.5 Å². The second kappa shape index (κ2) is 6.33. The van der Waals surface area contributed by atoms with E-state index < -0.39 is 0 Å². The number of morpholine rings is 1. The first-order valence-electron chi connectivity index (χ1n) is 7.03. The average molecular weight is 290 g/mol. The number of thiazole rings is 1. The molecule has 0 saturated carbocycles. The Morgan fingerprint density at radius 2 is 2.10 bits per heavy atom. The number of amides is 1. The van der Waals surface area contributed by atoms with Gasteiger partial charge in [0.05, 0.1) is 28.4 Å². The van der Waals surface area contributed by atoms with Crippen LogP contribution in [0.4, 0.5) is 0 Å². The molecule has 1 aliphatic rings.